The number of hydrogen-bond donors (Lipinski definition) is 1. The minimum absolute atomic E-state index is 0.0566. The summed E-state index contributed by atoms with van der Waals surface area (Å²) in [6.07, 6.45) is -3.14. The van der Waals surface area contributed by atoms with Crippen LogP contribution in [0.2, 0.25) is 0 Å². The number of H-pyrrole nitrogens is 1. The Labute approximate surface area is 92.9 Å². The average Bonchev–Trinajstić information content (AvgIpc) is 2.68. The van der Waals surface area contributed by atoms with Crippen molar-refractivity contribution in [2.45, 2.75) is 6.18 Å². The van der Waals surface area contributed by atoms with Crippen molar-refractivity contribution in [2.24, 2.45) is 0 Å². The van der Waals surface area contributed by atoms with Crippen LogP contribution in [-0.2, 0) is 6.18 Å². The Morgan fingerprint density at radius 3 is 2.69 bits per heavy atom. The summed E-state index contributed by atoms with van der Waals surface area (Å²) in [4.78, 5) is 5.74. The van der Waals surface area contributed by atoms with Crippen LogP contribution in [-0.4, -0.2) is 9.97 Å². The van der Waals surface area contributed by atoms with E-state index in [2.05, 4.69) is 17.2 Å². The Morgan fingerprint density at radius 1 is 1.38 bits per heavy atom. The molecule has 0 unspecified atom stereocenters. The molecule has 0 saturated heterocycles. The lowest BCUT2D eigenvalue weighted by atomic mass is 10.2. The van der Waals surface area contributed by atoms with Gasteiger partial charge in [-0.25, -0.2) is 4.98 Å². The molecular weight excluding hydrogens is 241 g/mol. The van der Waals surface area contributed by atoms with Gasteiger partial charge in [0, 0.05) is 0 Å². The first-order valence-electron chi connectivity index (χ1n) is 4.19. The predicted octanol–water partition coefficient (Wildman–Crippen LogP) is 3.42. The normalized spacial score (nSPS) is 11.7. The molecule has 1 N–H and O–H groups in total. The highest BCUT2D eigenvalue weighted by atomic mass is 32.1. The number of hydrogen-bond acceptors (Lipinski definition) is 3. The van der Waals surface area contributed by atoms with Gasteiger partial charge in [-0.2, -0.15) is 13.2 Å². The summed E-state index contributed by atoms with van der Waals surface area (Å²) in [5.41, 5.74) is -0.889. The number of rotatable bonds is 1. The van der Waals surface area contributed by atoms with E-state index in [1.54, 1.807) is 6.07 Å². The highest BCUT2D eigenvalue weighted by Crippen LogP contribution is 2.29. The van der Waals surface area contributed by atoms with Gasteiger partial charge in [0.2, 0.25) is 0 Å². The van der Waals surface area contributed by atoms with Gasteiger partial charge in [-0.05, 0) is 30.4 Å². The van der Waals surface area contributed by atoms with E-state index < -0.39 is 11.9 Å². The minimum Gasteiger partial charge on any atom is -0.463 e. The van der Waals surface area contributed by atoms with E-state index in [1.165, 1.54) is 12.3 Å². The first-order valence-corrected chi connectivity index (χ1v) is 4.60. The van der Waals surface area contributed by atoms with Gasteiger partial charge in [-0.3, -0.25) is 0 Å². The summed E-state index contributed by atoms with van der Waals surface area (Å²) >= 11 is 4.62. The fraction of sp³-hybridized carbons (Fsp3) is 0.111. The van der Waals surface area contributed by atoms with Gasteiger partial charge < -0.3 is 9.40 Å². The summed E-state index contributed by atoms with van der Waals surface area (Å²) in [5.74, 6) is 0.241. The second-order valence-corrected chi connectivity index (χ2v) is 3.35. The van der Waals surface area contributed by atoms with E-state index in [0.29, 0.717) is 0 Å². The molecule has 16 heavy (non-hydrogen) atoms. The van der Waals surface area contributed by atoms with E-state index in [1.807, 2.05) is 4.98 Å². The van der Waals surface area contributed by atoms with Crippen molar-refractivity contribution in [3.63, 3.8) is 0 Å². The summed E-state index contributed by atoms with van der Waals surface area (Å²) < 4.78 is 42.1. The van der Waals surface area contributed by atoms with Crippen molar-refractivity contribution in [2.75, 3.05) is 0 Å². The minimum atomic E-state index is -4.49. The van der Waals surface area contributed by atoms with Crippen LogP contribution in [0.15, 0.2) is 28.9 Å². The van der Waals surface area contributed by atoms with Crippen molar-refractivity contribution in [1.82, 2.24) is 9.97 Å². The molecule has 0 spiro atoms. The first kappa shape index (κ1) is 10.9. The number of furan rings is 1. The van der Waals surface area contributed by atoms with Crippen molar-refractivity contribution < 1.29 is 17.6 Å². The maximum Gasteiger partial charge on any atom is 0.431 e. The van der Waals surface area contributed by atoms with Crippen molar-refractivity contribution >= 4 is 12.2 Å². The van der Waals surface area contributed by atoms with Crippen LogP contribution in [0.5, 0.6) is 0 Å². The summed E-state index contributed by atoms with van der Waals surface area (Å²) in [7, 11) is 0. The third kappa shape index (κ3) is 2.13. The van der Waals surface area contributed by atoms with E-state index >= 15 is 0 Å². The summed E-state index contributed by atoms with van der Waals surface area (Å²) in [6, 6.07) is 3.93. The molecule has 2 aromatic heterocycles. The number of aromatic amines is 1. The first-order chi connectivity index (χ1) is 7.47. The largest absolute Gasteiger partial charge is 0.463 e. The molecule has 2 rings (SSSR count). The second kappa shape index (κ2) is 3.75. The lowest BCUT2D eigenvalue weighted by Gasteiger charge is -2.07. The fourth-order valence-electron chi connectivity index (χ4n) is 1.16. The van der Waals surface area contributed by atoms with Crippen LogP contribution in [0, 0.1) is 4.77 Å². The van der Waals surface area contributed by atoms with E-state index in [4.69, 9.17) is 4.42 Å². The van der Waals surface area contributed by atoms with Gasteiger partial charge in [-0.1, -0.05) is 0 Å². The SMILES string of the molecule is FC(F)(F)c1cc(-c2ccco2)nc(=S)[nH]1. The molecule has 3 nitrogen and oxygen atoms in total. The molecule has 2 aromatic rings. The Kier molecular flexibility index (Phi) is 2.55. The lowest BCUT2D eigenvalue weighted by molar-refractivity contribution is -0.141. The van der Waals surface area contributed by atoms with E-state index in [0.717, 1.165) is 6.07 Å². The molecular formula is C9H5F3N2OS. The number of aromatic nitrogens is 2. The van der Waals surface area contributed by atoms with Gasteiger partial charge in [0.05, 0.1) is 6.26 Å². The number of nitrogens with zero attached hydrogens (tertiary/aromatic N) is 1. The molecule has 0 saturated carbocycles. The Bertz CT molecular complexity index is 545. The molecule has 2 heterocycles. The predicted molar refractivity (Wildman–Crippen MR) is 52.1 cm³/mol. The summed E-state index contributed by atoms with van der Waals surface area (Å²) in [5, 5.41) is 0. The van der Waals surface area contributed by atoms with Crippen molar-refractivity contribution in [3.05, 3.63) is 34.9 Å². The fourth-order valence-corrected chi connectivity index (χ4v) is 1.37. The Morgan fingerprint density at radius 2 is 2.12 bits per heavy atom. The van der Waals surface area contributed by atoms with Gasteiger partial charge in [0.15, 0.2) is 10.5 Å². The highest BCUT2D eigenvalue weighted by Gasteiger charge is 2.32. The average molecular weight is 246 g/mol. The van der Waals surface area contributed by atoms with Crippen LogP contribution in [0.1, 0.15) is 5.69 Å². The van der Waals surface area contributed by atoms with Gasteiger partial charge in [0.25, 0.3) is 0 Å². The molecule has 0 aliphatic heterocycles. The molecule has 0 amide bonds. The zero-order valence-corrected chi connectivity index (χ0v) is 8.52. The molecule has 0 radical (unpaired) electrons. The van der Waals surface area contributed by atoms with Crippen LogP contribution >= 0.6 is 12.2 Å². The lowest BCUT2D eigenvalue weighted by Crippen LogP contribution is -2.09. The zero-order chi connectivity index (χ0) is 11.8. The highest BCUT2D eigenvalue weighted by molar-refractivity contribution is 7.71. The maximum absolute atomic E-state index is 12.5. The Hall–Kier alpha value is -1.63. The van der Waals surface area contributed by atoms with E-state index in [9.17, 15) is 13.2 Å². The number of nitrogens with one attached hydrogen (secondary N) is 1. The molecule has 0 aromatic carbocycles. The number of alkyl halides is 3. The monoisotopic (exact) mass is 246 g/mol. The molecule has 0 aliphatic rings. The van der Waals surface area contributed by atoms with Gasteiger partial charge >= 0.3 is 6.18 Å². The topological polar surface area (TPSA) is 41.8 Å². The smallest absolute Gasteiger partial charge is 0.431 e. The molecule has 0 aliphatic carbocycles. The van der Waals surface area contributed by atoms with Crippen LogP contribution < -0.4 is 0 Å². The van der Waals surface area contributed by atoms with Crippen LogP contribution in [0.25, 0.3) is 11.5 Å². The maximum atomic E-state index is 12.5. The van der Waals surface area contributed by atoms with Crippen molar-refractivity contribution in [1.29, 1.82) is 0 Å². The van der Waals surface area contributed by atoms with Crippen LogP contribution in [0.3, 0.4) is 0 Å². The molecule has 0 bridgehead atoms. The Balaban J connectivity index is 2.57. The van der Waals surface area contributed by atoms with Crippen LogP contribution in [0.4, 0.5) is 13.2 Å². The van der Waals surface area contributed by atoms with Gasteiger partial charge in [-0.15, -0.1) is 0 Å². The van der Waals surface area contributed by atoms with E-state index in [-0.39, 0.29) is 16.2 Å². The standard InChI is InChI=1S/C9H5F3N2OS/c10-9(11,12)7-4-5(13-8(16)14-7)6-2-1-3-15-6/h1-4H,(H,13,14,16). The molecule has 84 valence electrons. The van der Waals surface area contributed by atoms with Crippen molar-refractivity contribution in [3.8, 4) is 11.5 Å². The van der Waals surface area contributed by atoms with Gasteiger partial charge in [0.1, 0.15) is 11.4 Å². The molecule has 0 atom stereocenters. The number of halogens is 3. The molecule has 7 heteroatoms. The summed E-state index contributed by atoms with van der Waals surface area (Å²) in [6.45, 7) is 0. The quantitative estimate of drug-likeness (QED) is 0.784. The third-order valence-corrected chi connectivity index (χ3v) is 2.02. The third-order valence-electron chi connectivity index (χ3n) is 1.82. The zero-order valence-electron chi connectivity index (χ0n) is 7.71. The second-order valence-electron chi connectivity index (χ2n) is 2.96. The molecule has 0 fully saturated rings.